The van der Waals surface area contributed by atoms with Crippen molar-refractivity contribution in [2.24, 2.45) is 10.1 Å². The van der Waals surface area contributed by atoms with Crippen LogP contribution in [-0.2, 0) is 14.8 Å². The summed E-state index contributed by atoms with van der Waals surface area (Å²) in [6, 6.07) is 21.6. The summed E-state index contributed by atoms with van der Waals surface area (Å²) in [5.74, 6) is -0.339. The molecule has 1 fully saturated rings. The van der Waals surface area contributed by atoms with Gasteiger partial charge in [-0.15, -0.1) is 11.3 Å². The Morgan fingerprint density at radius 2 is 1.66 bits per heavy atom. The molecule has 0 spiro atoms. The first-order valence-corrected chi connectivity index (χ1v) is 14.0. The summed E-state index contributed by atoms with van der Waals surface area (Å²) in [5, 5.41) is 15.5. The normalized spacial score (nSPS) is 15.1. The van der Waals surface area contributed by atoms with Crippen LogP contribution in [0, 0.1) is 17.1 Å². The van der Waals surface area contributed by atoms with Crippen molar-refractivity contribution < 1.29 is 17.5 Å². The molecule has 0 unspecified atom stereocenters. The highest BCUT2D eigenvalue weighted by atomic mass is 32.2. The number of hydrogen-bond acceptors (Lipinski definition) is 7. The molecule has 1 aliphatic rings. The van der Waals surface area contributed by atoms with Crippen LogP contribution in [0.5, 0.6) is 0 Å². The van der Waals surface area contributed by atoms with Crippen LogP contribution in [0.2, 0.25) is 0 Å². The lowest BCUT2D eigenvalue weighted by molar-refractivity contribution is 0.0730. The second-order valence-electron chi connectivity index (χ2n) is 8.32. The molecule has 0 radical (unpaired) electrons. The summed E-state index contributed by atoms with van der Waals surface area (Å²) in [7, 11) is -3.60. The Morgan fingerprint density at radius 1 is 0.974 bits per heavy atom. The number of rotatable bonds is 6. The van der Waals surface area contributed by atoms with E-state index in [0.717, 1.165) is 11.1 Å². The van der Waals surface area contributed by atoms with Crippen LogP contribution >= 0.6 is 11.3 Å². The van der Waals surface area contributed by atoms with E-state index < -0.39 is 10.0 Å². The number of benzene rings is 3. The summed E-state index contributed by atoms with van der Waals surface area (Å²) in [6.45, 7) is 1.41. The molecule has 0 aliphatic carbocycles. The van der Waals surface area contributed by atoms with Gasteiger partial charge in [-0.1, -0.05) is 12.1 Å². The van der Waals surface area contributed by atoms with Crippen LogP contribution in [0.25, 0.3) is 11.3 Å². The SMILES string of the molecule is N#Cc1ccc(C=Nn2c(-c3ccc(F)cc3)csc2=Nc2ccc(S(=O)(=O)N3CCOCC3)cc2)cc1. The highest BCUT2D eigenvalue weighted by Crippen LogP contribution is 2.23. The Kier molecular flexibility index (Phi) is 7.57. The van der Waals surface area contributed by atoms with Gasteiger partial charge < -0.3 is 4.74 Å². The molecule has 5 rings (SSSR count). The lowest BCUT2D eigenvalue weighted by Crippen LogP contribution is -2.40. The number of ether oxygens (including phenoxy) is 1. The Morgan fingerprint density at radius 3 is 2.32 bits per heavy atom. The largest absolute Gasteiger partial charge is 0.379 e. The van der Waals surface area contributed by atoms with E-state index in [1.54, 1.807) is 71.6 Å². The van der Waals surface area contributed by atoms with Gasteiger partial charge in [-0.25, -0.2) is 22.5 Å². The molecule has 0 N–H and O–H groups in total. The molecule has 4 aromatic rings. The summed E-state index contributed by atoms with van der Waals surface area (Å²) in [4.78, 5) is 5.44. The predicted molar refractivity (Wildman–Crippen MR) is 143 cm³/mol. The second-order valence-corrected chi connectivity index (χ2v) is 11.1. The Labute approximate surface area is 223 Å². The third kappa shape index (κ3) is 5.64. The van der Waals surface area contributed by atoms with Crippen molar-refractivity contribution in [2.45, 2.75) is 4.90 Å². The highest BCUT2D eigenvalue weighted by molar-refractivity contribution is 7.89. The molecule has 1 saturated heterocycles. The van der Waals surface area contributed by atoms with E-state index in [0.29, 0.717) is 48.0 Å². The van der Waals surface area contributed by atoms with E-state index in [4.69, 9.17) is 15.0 Å². The summed E-state index contributed by atoms with van der Waals surface area (Å²) in [5.41, 5.74) is 3.36. The zero-order chi connectivity index (χ0) is 26.5. The van der Waals surface area contributed by atoms with E-state index in [-0.39, 0.29) is 10.7 Å². The van der Waals surface area contributed by atoms with Gasteiger partial charge in [0.15, 0.2) is 0 Å². The highest BCUT2D eigenvalue weighted by Gasteiger charge is 2.26. The van der Waals surface area contributed by atoms with Crippen molar-refractivity contribution in [3.63, 3.8) is 0 Å². The molecular formula is C27H22FN5O3S2. The maximum atomic E-state index is 13.5. The van der Waals surface area contributed by atoms with Gasteiger partial charge in [-0.3, -0.25) is 0 Å². The molecule has 8 nitrogen and oxygen atoms in total. The van der Waals surface area contributed by atoms with Crippen LogP contribution in [0.4, 0.5) is 10.1 Å². The summed E-state index contributed by atoms with van der Waals surface area (Å²) < 4.78 is 47.7. The minimum absolute atomic E-state index is 0.197. The number of halogens is 1. The number of sulfonamides is 1. The van der Waals surface area contributed by atoms with E-state index in [9.17, 15) is 12.8 Å². The topological polar surface area (TPSA) is 100 Å². The van der Waals surface area contributed by atoms with Gasteiger partial charge in [0.2, 0.25) is 14.8 Å². The smallest absolute Gasteiger partial charge is 0.243 e. The van der Waals surface area contributed by atoms with Crippen molar-refractivity contribution >= 4 is 33.3 Å². The van der Waals surface area contributed by atoms with E-state index >= 15 is 0 Å². The molecule has 3 aromatic carbocycles. The minimum atomic E-state index is -3.60. The van der Waals surface area contributed by atoms with Crippen LogP contribution < -0.4 is 4.80 Å². The van der Waals surface area contributed by atoms with Crippen LogP contribution in [-0.4, -0.2) is 49.9 Å². The van der Waals surface area contributed by atoms with Crippen LogP contribution in [0.15, 0.2) is 93.2 Å². The fourth-order valence-corrected chi connectivity index (χ4v) is 6.08. The monoisotopic (exact) mass is 547 g/mol. The Bertz CT molecular complexity index is 1660. The molecule has 0 bridgehead atoms. The lowest BCUT2D eigenvalue weighted by atomic mass is 10.2. The van der Waals surface area contributed by atoms with Crippen molar-refractivity contribution in [3.05, 3.63) is 99.9 Å². The zero-order valence-corrected chi connectivity index (χ0v) is 21.7. The number of morpholine rings is 1. The summed E-state index contributed by atoms with van der Waals surface area (Å²) >= 11 is 1.35. The Hall–Kier alpha value is -3.95. The fraction of sp³-hybridized carbons (Fsp3) is 0.148. The molecule has 0 amide bonds. The molecule has 192 valence electrons. The van der Waals surface area contributed by atoms with E-state index in [1.165, 1.54) is 27.8 Å². The molecule has 0 atom stereocenters. The van der Waals surface area contributed by atoms with Crippen LogP contribution in [0.1, 0.15) is 11.1 Å². The van der Waals surface area contributed by atoms with Gasteiger partial charge in [0, 0.05) is 24.0 Å². The Balaban J connectivity index is 1.51. The quantitative estimate of drug-likeness (QED) is 0.335. The standard InChI is InChI=1S/C27H22FN5O3S2/c28-23-7-5-22(6-8-23)26-19-37-27(33(26)30-18-21-3-1-20(17-29)2-4-21)31-24-9-11-25(12-10-24)38(34,35)32-13-15-36-16-14-32/h1-12,18-19H,13-16H2. The van der Waals surface area contributed by atoms with E-state index in [2.05, 4.69) is 11.2 Å². The maximum Gasteiger partial charge on any atom is 0.243 e. The first-order valence-electron chi connectivity index (χ1n) is 11.7. The number of nitrogens with zero attached hydrogens (tertiary/aromatic N) is 5. The van der Waals surface area contributed by atoms with Crippen molar-refractivity contribution in [1.82, 2.24) is 8.98 Å². The van der Waals surface area contributed by atoms with Crippen LogP contribution in [0.3, 0.4) is 0 Å². The average Bonchev–Trinajstić information content (AvgIpc) is 3.35. The maximum absolute atomic E-state index is 13.5. The van der Waals surface area contributed by atoms with Crippen molar-refractivity contribution in [2.75, 3.05) is 26.3 Å². The third-order valence-electron chi connectivity index (χ3n) is 5.86. The van der Waals surface area contributed by atoms with Gasteiger partial charge in [0.05, 0.1) is 47.3 Å². The fourth-order valence-electron chi connectivity index (χ4n) is 3.81. The van der Waals surface area contributed by atoms with Crippen molar-refractivity contribution in [3.8, 4) is 17.3 Å². The van der Waals surface area contributed by atoms with Gasteiger partial charge in [0.1, 0.15) is 5.82 Å². The number of aromatic nitrogens is 1. The molecule has 1 aliphatic heterocycles. The number of nitriles is 1. The van der Waals surface area contributed by atoms with E-state index in [1.807, 2.05) is 5.38 Å². The third-order valence-corrected chi connectivity index (χ3v) is 8.59. The zero-order valence-electron chi connectivity index (χ0n) is 20.1. The van der Waals surface area contributed by atoms with Gasteiger partial charge in [-0.05, 0) is 66.2 Å². The molecule has 38 heavy (non-hydrogen) atoms. The van der Waals surface area contributed by atoms with Crippen molar-refractivity contribution in [1.29, 1.82) is 5.26 Å². The first-order chi connectivity index (χ1) is 18.4. The molecule has 1 aromatic heterocycles. The molecule has 0 saturated carbocycles. The average molecular weight is 548 g/mol. The molecular weight excluding hydrogens is 525 g/mol. The first kappa shape index (κ1) is 25.7. The van der Waals surface area contributed by atoms with Gasteiger partial charge in [-0.2, -0.15) is 14.7 Å². The predicted octanol–water partition coefficient (Wildman–Crippen LogP) is 4.36. The second kappa shape index (κ2) is 11.2. The van der Waals surface area contributed by atoms with Gasteiger partial charge in [0.25, 0.3) is 0 Å². The molecule has 2 heterocycles. The number of hydrogen-bond donors (Lipinski definition) is 0. The number of thiazole rings is 1. The summed E-state index contributed by atoms with van der Waals surface area (Å²) in [6.07, 6.45) is 1.65. The van der Waals surface area contributed by atoms with Gasteiger partial charge >= 0.3 is 0 Å². The lowest BCUT2D eigenvalue weighted by Gasteiger charge is -2.26. The molecule has 11 heteroatoms. The minimum Gasteiger partial charge on any atom is -0.379 e.